The maximum atomic E-state index is 12.1. The molecule has 0 saturated heterocycles. The van der Waals surface area contributed by atoms with E-state index in [9.17, 15) is 26.4 Å². The summed E-state index contributed by atoms with van der Waals surface area (Å²) in [5.41, 5.74) is 0.0436. The van der Waals surface area contributed by atoms with Gasteiger partial charge in [-0.05, 0) is 44.6 Å². The molecule has 0 aromatic heterocycles. The zero-order valence-corrected chi connectivity index (χ0v) is 16.5. The number of esters is 1. The highest BCUT2D eigenvalue weighted by atomic mass is 32.2. The van der Waals surface area contributed by atoms with E-state index in [-0.39, 0.29) is 30.8 Å². The lowest BCUT2D eigenvalue weighted by Gasteiger charge is -2.25. The van der Waals surface area contributed by atoms with Crippen molar-refractivity contribution in [1.82, 2.24) is 4.72 Å². The molecule has 28 heavy (non-hydrogen) atoms. The molecular formula is C18H24F3NO5S. The predicted octanol–water partition coefficient (Wildman–Crippen LogP) is 3.31. The molecule has 2 atom stereocenters. The first-order valence-electron chi connectivity index (χ1n) is 8.85. The maximum absolute atomic E-state index is 12.1. The first kappa shape index (κ1) is 22.6. The zero-order valence-electron chi connectivity index (χ0n) is 15.7. The Morgan fingerprint density at radius 1 is 1.21 bits per heavy atom. The molecule has 2 rings (SSSR count). The van der Waals surface area contributed by atoms with Gasteiger partial charge >= 0.3 is 22.4 Å². The van der Waals surface area contributed by atoms with Crippen LogP contribution in [0.2, 0.25) is 0 Å². The highest BCUT2D eigenvalue weighted by Crippen LogP contribution is 2.48. The Morgan fingerprint density at radius 2 is 1.86 bits per heavy atom. The summed E-state index contributed by atoms with van der Waals surface area (Å²) in [6, 6.07) is 9.67. The average Bonchev–Trinajstić information content (AvgIpc) is 3.37. The monoisotopic (exact) mass is 423 g/mol. The molecule has 6 nitrogen and oxygen atoms in total. The van der Waals surface area contributed by atoms with Gasteiger partial charge in [0, 0.05) is 5.54 Å². The Balaban J connectivity index is 1.69. The molecule has 1 aliphatic carbocycles. The number of hydrogen-bond acceptors (Lipinski definition) is 5. The smallest absolute Gasteiger partial charge is 0.413 e. The molecule has 0 amide bonds. The van der Waals surface area contributed by atoms with Crippen molar-refractivity contribution in [1.29, 1.82) is 0 Å². The lowest BCUT2D eigenvalue weighted by molar-refractivity contribution is -0.152. The topological polar surface area (TPSA) is 81.7 Å². The highest BCUT2D eigenvalue weighted by molar-refractivity contribution is 7.84. The Hall–Kier alpha value is -1.65. The van der Waals surface area contributed by atoms with Crippen molar-refractivity contribution in [3.05, 3.63) is 35.9 Å². The Kier molecular flexibility index (Phi) is 7.11. The molecule has 0 bridgehead atoms. The quantitative estimate of drug-likeness (QED) is 0.461. The van der Waals surface area contributed by atoms with Gasteiger partial charge in [0.1, 0.15) is 0 Å². The van der Waals surface area contributed by atoms with Gasteiger partial charge in [-0.15, -0.1) is 0 Å². The van der Waals surface area contributed by atoms with Crippen molar-refractivity contribution in [2.24, 2.45) is 5.92 Å². The molecule has 0 aliphatic heterocycles. The number of nitrogens with one attached hydrogen (secondary N) is 1. The van der Waals surface area contributed by atoms with Crippen LogP contribution in [-0.4, -0.2) is 39.3 Å². The van der Waals surface area contributed by atoms with Crippen molar-refractivity contribution in [3.8, 4) is 0 Å². The third-order valence-corrected chi connectivity index (χ3v) is 5.52. The summed E-state index contributed by atoms with van der Waals surface area (Å²) in [5, 5.41) is 0. The third-order valence-electron chi connectivity index (χ3n) is 4.29. The summed E-state index contributed by atoms with van der Waals surface area (Å²) >= 11 is 0. The minimum atomic E-state index is -4.74. The van der Waals surface area contributed by atoms with E-state index in [2.05, 4.69) is 8.91 Å². The second kappa shape index (κ2) is 8.79. The van der Waals surface area contributed by atoms with Gasteiger partial charge in [0.2, 0.25) is 0 Å². The summed E-state index contributed by atoms with van der Waals surface area (Å²) < 4.78 is 70.6. The standard InChI is InChI=1S/C18H24F3NO5S/c1-17(2,22-28(24,25)27-12-18(19,20)21)9-6-10-26-16(23)15-11-14(15)13-7-4-3-5-8-13/h3-5,7-8,14-15,22H,6,9-12H2,1-2H3/t14-,15+/m1/s1. The second-order valence-corrected chi connectivity index (χ2v) is 8.80. The van der Waals surface area contributed by atoms with Crippen LogP contribution in [-0.2, 0) is 24.0 Å². The minimum Gasteiger partial charge on any atom is -0.465 e. The SMILES string of the molecule is CC(C)(CCCOC(=O)[C@H]1C[C@@H]1c1ccccc1)NS(=O)(=O)OCC(F)(F)F. The summed E-state index contributed by atoms with van der Waals surface area (Å²) in [6.07, 6.45) is -3.40. The average molecular weight is 423 g/mol. The molecule has 158 valence electrons. The van der Waals surface area contributed by atoms with E-state index in [4.69, 9.17) is 4.74 Å². The second-order valence-electron chi connectivity index (χ2n) is 7.45. The van der Waals surface area contributed by atoms with Crippen molar-refractivity contribution >= 4 is 16.3 Å². The van der Waals surface area contributed by atoms with Crippen LogP contribution in [0.1, 0.15) is 44.6 Å². The molecule has 1 aromatic rings. The maximum Gasteiger partial charge on any atom is 0.413 e. The van der Waals surface area contributed by atoms with Gasteiger partial charge in [0.25, 0.3) is 0 Å². The number of ether oxygens (including phenoxy) is 1. The van der Waals surface area contributed by atoms with Crippen LogP contribution in [0.5, 0.6) is 0 Å². The summed E-state index contributed by atoms with van der Waals surface area (Å²) in [4.78, 5) is 12.1. The summed E-state index contributed by atoms with van der Waals surface area (Å²) in [7, 11) is -4.55. The molecule has 0 spiro atoms. The first-order chi connectivity index (χ1) is 12.9. The van der Waals surface area contributed by atoms with E-state index < -0.39 is 28.6 Å². The van der Waals surface area contributed by atoms with Crippen LogP contribution < -0.4 is 4.72 Å². The molecule has 1 aliphatic rings. The van der Waals surface area contributed by atoms with Crippen LogP contribution >= 0.6 is 0 Å². The van der Waals surface area contributed by atoms with Crippen LogP contribution in [0, 0.1) is 5.92 Å². The van der Waals surface area contributed by atoms with E-state index in [0.717, 1.165) is 12.0 Å². The van der Waals surface area contributed by atoms with Gasteiger partial charge in [0.15, 0.2) is 6.61 Å². The van der Waals surface area contributed by atoms with Crippen molar-refractivity contribution in [2.45, 2.75) is 50.7 Å². The number of rotatable bonds is 10. The largest absolute Gasteiger partial charge is 0.465 e. The van der Waals surface area contributed by atoms with Gasteiger partial charge < -0.3 is 4.74 Å². The number of halogens is 3. The lowest BCUT2D eigenvalue weighted by Crippen LogP contribution is -2.45. The highest BCUT2D eigenvalue weighted by Gasteiger charge is 2.45. The summed E-state index contributed by atoms with van der Waals surface area (Å²) in [6.45, 7) is 1.23. The molecule has 1 fully saturated rings. The Morgan fingerprint density at radius 3 is 2.46 bits per heavy atom. The lowest BCUT2D eigenvalue weighted by atomic mass is 10.0. The Labute approximate surface area is 162 Å². The first-order valence-corrected chi connectivity index (χ1v) is 10.3. The van der Waals surface area contributed by atoms with E-state index in [1.807, 2.05) is 30.3 Å². The van der Waals surface area contributed by atoms with Gasteiger partial charge in [-0.2, -0.15) is 26.3 Å². The molecule has 0 radical (unpaired) electrons. The fourth-order valence-electron chi connectivity index (χ4n) is 2.88. The summed E-state index contributed by atoms with van der Waals surface area (Å²) in [5.74, 6) is -0.284. The number of benzene rings is 1. The molecule has 0 heterocycles. The van der Waals surface area contributed by atoms with Crippen molar-refractivity contribution < 1.29 is 35.3 Å². The fraction of sp³-hybridized carbons (Fsp3) is 0.611. The number of carbonyl (C=O) groups excluding carboxylic acids is 1. The van der Waals surface area contributed by atoms with Crippen molar-refractivity contribution in [2.75, 3.05) is 13.2 Å². The number of alkyl halides is 3. The van der Waals surface area contributed by atoms with Crippen molar-refractivity contribution in [3.63, 3.8) is 0 Å². The van der Waals surface area contributed by atoms with Crippen LogP contribution in [0.4, 0.5) is 13.2 Å². The molecular weight excluding hydrogens is 399 g/mol. The number of carbonyl (C=O) groups is 1. The van der Waals surface area contributed by atoms with Gasteiger partial charge in [0.05, 0.1) is 12.5 Å². The van der Waals surface area contributed by atoms with Crippen LogP contribution in [0.25, 0.3) is 0 Å². The molecule has 0 unspecified atom stereocenters. The number of hydrogen-bond donors (Lipinski definition) is 1. The molecule has 10 heteroatoms. The zero-order chi connectivity index (χ0) is 21.0. The van der Waals surface area contributed by atoms with Gasteiger partial charge in [-0.1, -0.05) is 30.3 Å². The molecule has 1 N–H and O–H groups in total. The van der Waals surface area contributed by atoms with Crippen LogP contribution in [0.15, 0.2) is 30.3 Å². The van der Waals surface area contributed by atoms with Gasteiger partial charge in [-0.25, -0.2) is 4.18 Å². The van der Waals surface area contributed by atoms with Crippen LogP contribution in [0.3, 0.4) is 0 Å². The van der Waals surface area contributed by atoms with E-state index in [0.29, 0.717) is 6.42 Å². The third kappa shape index (κ3) is 7.76. The van der Waals surface area contributed by atoms with E-state index in [1.54, 1.807) is 0 Å². The predicted molar refractivity (Wildman–Crippen MR) is 95.6 cm³/mol. The molecule has 1 aromatic carbocycles. The van der Waals surface area contributed by atoms with E-state index >= 15 is 0 Å². The molecule has 1 saturated carbocycles. The Bertz CT molecular complexity index is 765. The normalized spacial score (nSPS) is 20.0. The van der Waals surface area contributed by atoms with E-state index in [1.165, 1.54) is 13.8 Å². The van der Waals surface area contributed by atoms with Gasteiger partial charge in [-0.3, -0.25) is 4.79 Å². The fourth-order valence-corrected chi connectivity index (χ4v) is 4.01. The minimum absolute atomic E-state index is 0.103.